The highest BCUT2D eigenvalue weighted by Gasteiger charge is 2.28. The lowest BCUT2D eigenvalue weighted by Gasteiger charge is -2.30. The Morgan fingerprint density at radius 2 is 1.83 bits per heavy atom. The summed E-state index contributed by atoms with van der Waals surface area (Å²) in [5.41, 5.74) is 0. The van der Waals surface area contributed by atoms with E-state index in [1.54, 1.807) is 7.05 Å². The van der Waals surface area contributed by atoms with Gasteiger partial charge in [-0.3, -0.25) is 9.89 Å². The number of likely N-dealkylation sites (tertiary alicyclic amines) is 1. The van der Waals surface area contributed by atoms with Crippen LogP contribution in [0.2, 0.25) is 0 Å². The standard InChI is InChI=1S/C16H32F3N5/c1-14-5-10-24(11-6-14)9-4-7-21-15(20-2)22-8-12-23(3)13-16(17,18)19/h14H,4-13H2,1-3H3,(H2,20,21,22). The Balaban J connectivity index is 2.08. The van der Waals surface area contributed by atoms with E-state index in [0.717, 1.165) is 25.4 Å². The first kappa shape index (κ1) is 21.0. The highest BCUT2D eigenvalue weighted by Crippen LogP contribution is 2.16. The lowest BCUT2D eigenvalue weighted by atomic mass is 9.99. The van der Waals surface area contributed by atoms with Crippen LogP contribution in [0.5, 0.6) is 0 Å². The third kappa shape index (κ3) is 9.97. The largest absolute Gasteiger partial charge is 0.401 e. The molecular formula is C16H32F3N5. The summed E-state index contributed by atoms with van der Waals surface area (Å²) in [7, 11) is 3.13. The molecule has 8 heteroatoms. The van der Waals surface area contributed by atoms with Crippen molar-refractivity contribution in [3.05, 3.63) is 0 Å². The van der Waals surface area contributed by atoms with Crippen LogP contribution in [0, 0.1) is 5.92 Å². The Morgan fingerprint density at radius 1 is 1.21 bits per heavy atom. The molecule has 2 N–H and O–H groups in total. The van der Waals surface area contributed by atoms with Gasteiger partial charge in [0.2, 0.25) is 0 Å². The molecule has 1 heterocycles. The zero-order valence-electron chi connectivity index (χ0n) is 15.1. The molecule has 142 valence electrons. The highest BCUT2D eigenvalue weighted by atomic mass is 19.4. The van der Waals surface area contributed by atoms with E-state index in [2.05, 4.69) is 27.4 Å². The number of aliphatic imine (C=N–C) groups is 1. The number of nitrogens with zero attached hydrogens (tertiary/aromatic N) is 3. The normalized spacial score (nSPS) is 18.2. The third-order valence-electron chi connectivity index (χ3n) is 4.28. The summed E-state index contributed by atoms with van der Waals surface area (Å²) < 4.78 is 36.7. The number of likely N-dealkylation sites (N-methyl/N-ethyl adjacent to an activating group) is 1. The van der Waals surface area contributed by atoms with Crippen LogP contribution in [0.15, 0.2) is 4.99 Å². The second-order valence-electron chi connectivity index (χ2n) is 6.66. The van der Waals surface area contributed by atoms with Crippen molar-refractivity contribution < 1.29 is 13.2 Å². The van der Waals surface area contributed by atoms with E-state index in [4.69, 9.17) is 0 Å². The Hall–Kier alpha value is -1.02. The molecular weight excluding hydrogens is 319 g/mol. The first-order chi connectivity index (χ1) is 11.3. The molecule has 1 saturated heterocycles. The van der Waals surface area contributed by atoms with Crippen LogP contribution in [-0.2, 0) is 0 Å². The fourth-order valence-electron chi connectivity index (χ4n) is 2.77. The zero-order valence-corrected chi connectivity index (χ0v) is 15.1. The van der Waals surface area contributed by atoms with Crippen LogP contribution < -0.4 is 10.6 Å². The van der Waals surface area contributed by atoms with Gasteiger partial charge >= 0.3 is 6.18 Å². The molecule has 0 spiro atoms. The summed E-state index contributed by atoms with van der Waals surface area (Å²) in [6, 6.07) is 0. The van der Waals surface area contributed by atoms with Crippen molar-refractivity contribution in [2.24, 2.45) is 10.9 Å². The number of hydrogen-bond donors (Lipinski definition) is 2. The lowest BCUT2D eigenvalue weighted by molar-refractivity contribution is -0.142. The minimum atomic E-state index is -4.15. The summed E-state index contributed by atoms with van der Waals surface area (Å²) in [6.45, 7) is 6.40. The van der Waals surface area contributed by atoms with Crippen LogP contribution in [-0.4, -0.2) is 81.8 Å². The fourth-order valence-corrected chi connectivity index (χ4v) is 2.77. The quantitative estimate of drug-likeness (QED) is 0.397. The topological polar surface area (TPSA) is 42.9 Å². The Morgan fingerprint density at radius 3 is 2.42 bits per heavy atom. The van der Waals surface area contributed by atoms with Gasteiger partial charge in [0.25, 0.3) is 0 Å². The smallest absolute Gasteiger partial charge is 0.356 e. The number of guanidine groups is 1. The monoisotopic (exact) mass is 351 g/mol. The van der Waals surface area contributed by atoms with Gasteiger partial charge in [-0.25, -0.2) is 0 Å². The van der Waals surface area contributed by atoms with E-state index in [0.29, 0.717) is 19.0 Å². The maximum Gasteiger partial charge on any atom is 0.401 e. The second-order valence-corrected chi connectivity index (χ2v) is 6.66. The SMILES string of the molecule is CN=C(NCCCN1CCC(C)CC1)NCCN(C)CC(F)(F)F. The third-order valence-corrected chi connectivity index (χ3v) is 4.28. The zero-order chi connectivity index (χ0) is 18.0. The number of rotatable bonds is 8. The Labute approximate surface area is 143 Å². The average molecular weight is 351 g/mol. The summed E-state index contributed by atoms with van der Waals surface area (Å²) in [4.78, 5) is 7.83. The first-order valence-corrected chi connectivity index (χ1v) is 8.72. The van der Waals surface area contributed by atoms with Gasteiger partial charge in [0.15, 0.2) is 5.96 Å². The van der Waals surface area contributed by atoms with Gasteiger partial charge in [0.05, 0.1) is 6.54 Å². The molecule has 0 aromatic heterocycles. The molecule has 5 nitrogen and oxygen atoms in total. The van der Waals surface area contributed by atoms with Crippen molar-refractivity contribution in [2.75, 3.05) is 59.9 Å². The summed E-state index contributed by atoms with van der Waals surface area (Å²) in [6.07, 6.45) is -0.561. The molecule has 1 aliphatic heterocycles. The highest BCUT2D eigenvalue weighted by molar-refractivity contribution is 5.79. The fraction of sp³-hybridized carbons (Fsp3) is 0.938. The molecule has 0 saturated carbocycles. The van der Waals surface area contributed by atoms with Crippen molar-refractivity contribution in [3.63, 3.8) is 0 Å². The molecule has 0 unspecified atom stereocenters. The minimum absolute atomic E-state index is 0.312. The van der Waals surface area contributed by atoms with Gasteiger partial charge < -0.3 is 15.5 Å². The van der Waals surface area contributed by atoms with Crippen LogP contribution in [0.3, 0.4) is 0 Å². The van der Waals surface area contributed by atoms with Crippen LogP contribution >= 0.6 is 0 Å². The van der Waals surface area contributed by atoms with Crippen LogP contribution in [0.25, 0.3) is 0 Å². The molecule has 1 fully saturated rings. The molecule has 0 radical (unpaired) electrons. The molecule has 1 aliphatic rings. The molecule has 0 aromatic rings. The van der Waals surface area contributed by atoms with Crippen molar-refractivity contribution >= 4 is 5.96 Å². The van der Waals surface area contributed by atoms with Gasteiger partial charge in [0, 0.05) is 26.7 Å². The van der Waals surface area contributed by atoms with Gasteiger partial charge in [0.1, 0.15) is 0 Å². The Kier molecular flexibility index (Phi) is 9.43. The van der Waals surface area contributed by atoms with Crippen LogP contribution in [0.1, 0.15) is 26.2 Å². The van der Waals surface area contributed by atoms with Crippen LogP contribution in [0.4, 0.5) is 13.2 Å². The Bertz CT molecular complexity index is 365. The number of hydrogen-bond acceptors (Lipinski definition) is 3. The van der Waals surface area contributed by atoms with Gasteiger partial charge in [-0.05, 0) is 51.9 Å². The van der Waals surface area contributed by atoms with Crippen molar-refractivity contribution in [3.8, 4) is 0 Å². The summed E-state index contributed by atoms with van der Waals surface area (Å²) in [5.74, 6) is 1.49. The summed E-state index contributed by atoms with van der Waals surface area (Å²) >= 11 is 0. The summed E-state index contributed by atoms with van der Waals surface area (Å²) in [5, 5.41) is 6.26. The van der Waals surface area contributed by atoms with Gasteiger partial charge in [-0.2, -0.15) is 13.2 Å². The maximum atomic E-state index is 12.2. The second kappa shape index (κ2) is 10.8. The predicted molar refractivity (Wildman–Crippen MR) is 92.4 cm³/mol. The van der Waals surface area contributed by atoms with E-state index in [1.807, 2.05) is 0 Å². The molecule has 0 atom stereocenters. The molecule has 0 aromatic carbocycles. The average Bonchev–Trinajstić information content (AvgIpc) is 2.49. The van der Waals surface area contributed by atoms with E-state index in [1.165, 1.54) is 37.9 Å². The van der Waals surface area contributed by atoms with Gasteiger partial charge in [-0.1, -0.05) is 6.92 Å². The number of piperidine rings is 1. The van der Waals surface area contributed by atoms with Crippen molar-refractivity contribution in [1.29, 1.82) is 0 Å². The minimum Gasteiger partial charge on any atom is -0.356 e. The van der Waals surface area contributed by atoms with E-state index < -0.39 is 12.7 Å². The van der Waals surface area contributed by atoms with Gasteiger partial charge in [-0.15, -0.1) is 0 Å². The van der Waals surface area contributed by atoms with Crippen molar-refractivity contribution in [2.45, 2.75) is 32.4 Å². The molecule has 1 rings (SSSR count). The predicted octanol–water partition coefficient (Wildman–Crippen LogP) is 1.77. The first-order valence-electron chi connectivity index (χ1n) is 8.72. The molecule has 0 amide bonds. The number of alkyl halides is 3. The van der Waals surface area contributed by atoms with E-state index in [-0.39, 0.29) is 0 Å². The molecule has 0 bridgehead atoms. The van der Waals surface area contributed by atoms with E-state index in [9.17, 15) is 13.2 Å². The number of nitrogens with one attached hydrogen (secondary N) is 2. The van der Waals surface area contributed by atoms with E-state index >= 15 is 0 Å². The maximum absolute atomic E-state index is 12.2. The molecule has 24 heavy (non-hydrogen) atoms. The van der Waals surface area contributed by atoms with Crippen molar-refractivity contribution in [1.82, 2.24) is 20.4 Å². The number of halogens is 3. The molecule has 0 aliphatic carbocycles. The lowest BCUT2D eigenvalue weighted by Crippen LogP contribution is -2.43.